The van der Waals surface area contributed by atoms with Crippen LogP contribution in [0.2, 0.25) is 6.55 Å². The van der Waals surface area contributed by atoms with Crippen LogP contribution < -0.4 is 0 Å². The molecule has 0 radical (unpaired) electrons. The molecular formula is C13H25NO2SSi. The maximum absolute atomic E-state index is 9.58. The van der Waals surface area contributed by atoms with Crippen LogP contribution >= 0.6 is 12.6 Å². The number of aliphatic hydroxyl groups is 2. The first kappa shape index (κ1) is 17.7. The van der Waals surface area contributed by atoms with Gasteiger partial charge in [-0.25, -0.2) is 0 Å². The molecule has 0 aromatic carbocycles. The van der Waals surface area contributed by atoms with Crippen molar-refractivity contribution in [3.8, 4) is 6.07 Å². The molecule has 0 aliphatic carbocycles. The third-order valence-corrected chi connectivity index (χ3v) is 7.24. The Morgan fingerprint density at radius 1 is 1.28 bits per heavy atom. The van der Waals surface area contributed by atoms with Crippen molar-refractivity contribution in [2.24, 2.45) is 0 Å². The van der Waals surface area contributed by atoms with Crippen LogP contribution in [0, 0.1) is 11.3 Å². The van der Waals surface area contributed by atoms with Gasteiger partial charge in [0.15, 0.2) is 0 Å². The maximum atomic E-state index is 9.58. The van der Waals surface area contributed by atoms with Gasteiger partial charge in [0.2, 0.25) is 0 Å². The van der Waals surface area contributed by atoms with E-state index in [1.807, 2.05) is 6.55 Å². The van der Waals surface area contributed by atoms with Crippen LogP contribution in [0.1, 0.15) is 51.9 Å². The largest absolute Gasteiger partial charge is 0.516 e. The van der Waals surface area contributed by atoms with Crippen molar-refractivity contribution in [3.05, 3.63) is 0 Å². The molecular weight excluding hydrogens is 262 g/mol. The zero-order chi connectivity index (χ0) is 14.0. The second-order valence-electron chi connectivity index (χ2n) is 4.72. The molecule has 3 nitrogen and oxygen atoms in total. The zero-order valence-corrected chi connectivity index (χ0v) is 13.3. The van der Waals surface area contributed by atoms with Crippen LogP contribution in [0.5, 0.6) is 0 Å². The molecule has 1 unspecified atom stereocenters. The van der Waals surface area contributed by atoms with Gasteiger partial charge in [-0.05, 0) is 6.42 Å². The predicted molar refractivity (Wildman–Crippen MR) is 81.0 cm³/mol. The van der Waals surface area contributed by atoms with Crippen molar-refractivity contribution in [1.29, 1.82) is 5.26 Å². The molecule has 0 bridgehead atoms. The van der Waals surface area contributed by atoms with Gasteiger partial charge in [-0.3, -0.25) is 0 Å². The molecule has 2 N–H and O–H groups in total. The number of nitriles is 1. The highest BCUT2D eigenvalue weighted by Gasteiger charge is 2.30. The Hall–Kier alpha value is -0.313. The second-order valence-corrected chi connectivity index (χ2v) is 8.58. The summed E-state index contributed by atoms with van der Waals surface area (Å²) in [7, 11) is -1.48. The van der Waals surface area contributed by atoms with Crippen LogP contribution in [0.4, 0.5) is 0 Å². The predicted octanol–water partition coefficient (Wildman–Crippen LogP) is 2.67. The van der Waals surface area contributed by atoms with Gasteiger partial charge in [-0.2, -0.15) is 17.9 Å². The van der Waals surface area contributed by atoms with E-state index in [4.69, 9.17) is 5.11 Å². The first-order valence-corrected chi connectivity index (χ1v) is 9.10. The number of unbranched alkanes of at least 4 members (excludes halogenated alkanes) is 5. The highest BCUT2D eigenvalue weighted by Crippen LogP contribution is 2.23. The van der Waals surface area contributed by atoms with Gasteiger partial charge in [0.05, 0.1) is 26.4 Å². The lowest BCUT2D eigenvalue weighted by Gasteiger charge is -2.21. The summed E-state index contributed by atoms with van der Waals surface area (Å²) in [4.78, 5) is 0. The summed E-state index contributed by atoms with van der Waals surface area (Å²) < 4.78 is -0.776. The first-order valence-electron chi connectivity index (χ1n) is 6.65. The molecule has 0 fully saturated rings. The highest BCUT2D eigenvalue weighted by molar-refractivity contribution is 7.84. The molecule has 5 heteroatoms. The SMILES string of the molecule is CCCCCCCCC(S)(C#N)/[Si](C)=C(\O)CO. The van der Waals surface area contributed by atoms with Crippen LogP contribution in [0.15, 0.2) is 0 Å². The van der Waals surface area contributed by atoms with Crippen molar-refractivity contribution >= 4 is 26.4 Å². The fourth-order valence-electron chi connectivity index (χ4n) is 1.85. The minimum Gasteiger partial charge on any atom is -0.516 e. The quantitative estimate of drug-likeness (QED) is 0.347. The third-order valence-electron chi connectivity index (χ3n) is 3.28. The van der Waals surface area contributed by atoms with Crippen molar-refractivity contribution in [2.75, 3.05) is 6.61 Å². The van der Waals surface area contributed by atoms with Crippen molar-refractivity contribution in [1.82, 2.24) is 0 Å². The van der Waals surface area contributed by atoms with E-state index in [2.05, 4.69) is 25.6 Å². The van der Waals surface area contributed by atoms with Crippen LogP contribution in [-0.4, -0.2) is 35.0 Å². The van der Waals surface area contributed by atoms with E-state index in [0.717, 1.165) is 12.8 Å². The van der Waals surface area contributed by atoms with Gasteiger partial charge >= 0.3 is 0 Å². The number of thiol groups is 1. The summed E-state index contributed by atoms with van der Waals surface area (Å²) in [5, 5.41) is 27.8. The summed E-state index contributed by atoms with van der Waals surface area (Å²) in [5.41, 5.74) is 0. The van der Waals surface area contributed by atoms with Crippen LogP contribution in [-0.2, 0) is 0 Å². The third kappa shape index (κ3) is 6.03. The van der Waals surface area contributed by atoms with Gasteiger partial charge in [0, 0.05) is 0 Å². The molecule has 0 saturated heterocycles. The van der Waals surface area contributed by atoms with E-state index in [0.29, 0.717) is 6.42 Å². The first-order chi connectivity index (χ1) is 8.51. The molecule has 0 heterocycles. The summed E-state index contributed by atoms with van der Waals surface area (Å²) in [6.45, 7) is 3.67. The number of aliphatic hydroxyl groups excluding tert-OH is 2. The van der Waals surface area contributed by atoms with Gasteiger partial charge in [-0.1, -0.05) is 52.0 Å². The molecule has 18 heavy (non-hydrogen) atoms. The topological polar surface area (TPSA) is 64.2 Å². The number of hydrogen-bond acceptors (Lipinski definition) is 4. The van der Waals surface area contributed by atoms with Crippen molar-refractivity contribution in [2.45, 2.75) is 62.8 Å². The van der Waals surface area contributed by atoms with E-state index < -0.39 is 12.8 Å². The Morgan fingerprint density at radius 2 is 1.83 bits per heavy atom. The average molecular weight is 288 g/mol. The minimum atomic E-state index is -1.48. The number of rotatable bonds is 9. The molecule has 104 valence electrons. The van der Waals surface area contributed by atoms with Crippen molar-refractivity contribution < 1.29 is 10.2 Å². The van der Waals surface area contributed by atoms with E-state index >= 15 is 0 Å². The molecule has 0 aliphatic rings. The standard InChI is InChI=1S/C13H25NO2SSi/c1-3-4-5-6-7-8-9-13(17,11-14)18(2)12(16)10-15/h15-17H,3-10H2,1-2H3/b18-12-. The van der Waals surface area contributed by atoms with E-state index in [1.54, 1.807) is 0 Å². The number of hydrogen-bond donors (Lipinski definition) is 3. The lowest BCUT2D eigenvalue weighted by Crippen LogP contribution is -2.37. The van der Waals surface area contributed by atoms with E-state index in [9.17, 15) is 10.4 Å². The summed E-state index contributed by atoms with van der Waals surface area (Å²) in [6, 6.07) is 2.21. The van der Waals surface area contributed by atoms with E-state index in [1.165, 1.54) is 25.7 Å². The van der Waals surface area contributed by atoms with E-state index in [-0.39, 0.29) is 12.0 Å². The molecule has 0 spiro atoms. The molecule has 0 amide bonds. The highest BCUT2D eigenvalue weighted by atomic mass is 32.1. The van der Waals surface area contributed by atoms with Crippen LogP contribution in [0.25, 0.3) is 0 Å². The normalized spacial score (nSPS) is 15.7. The Morgan fingerprint density at radius 3 is 2.33 bits per heavy atom. The fraction of sp³-hybridized carbons (Fsp3) is 0.846. The molecule has 0 rings (SSSR count). The number of nitrogens with zero attached hydrogens (tertiary/aromatic N) is 1. The Bertz CT molecular complexity index is 315. The Balaban J connectivity index is 4.22. The molecule has 0 aliphatic heterocycles. The summed E-state index contributed by atoms with van der Waals surface area (Å²) in [5.74, 6) is 0. The fourth-order valence-corrected chi connectivity index (χ4v) is 3.83. The maximum Gasteiger partial charge on any atom is 0.108 e. The monoisotopic (exact) mass is 287 g/mol. The van der Waals surface area contributed by atoms with Gasteiger partial charge < -0.3 is 10.2 Å². The average Bonchev–Trinajstić information content (AvgIpc) is 2.40. The van der Waals surface area contributed by atoms with Crippen LogP contribution in [0.3, 0.4) is 0 Å². The minimum absolute atomic E-state index is 0.0440. The smallest absolute Gasteiger partial charge is 0.108 e. The summed E-state index contributed by atoms with van der Waals surface area (Å²) >= 11 is 4.44. The summed E-state index contributed by atoms with van der Waals surface area (Å²) in [6.07, 6.45) is 7.71. The molecule has 0 aromatic heterocycles. The van der Waals surface area contributed by atoms with Gasteiger partial charge in [-0.15, -0.1) is 0 Å². The van der Waals surface area contributed by atoms with Gasteiger partial charge in [0.1, 0.15) is 4.37 Å². The zero-order valence-electron chi connectivity index (χ0n) is 11.4. The van der Waals surface area contributed by atoms with Crippen molar-refractivity contribution in [3.63, 3.8) is 0 Å². The Kier molecular flexibility index (Phi) is 9.43. The lowest BCUT2D eigenvalue weighted by molar-refractivity contribution is 0.331. The van der Waals surface area contributed by atoms with Gasteiger partial charge in [0.25, 0.3) is 0 Å². The lowest BCUT2D eigenvalue weighted by atomic mass is 10.1. The molecule has 0 aromatic rings. The Labute approximate surface area is 117 Å². The molecule has 1 atom stereocenters. The second kappa shape index (κ2) is 9.60. The molecule has 0 saturated carbocycles.